The van der Waals surface area contributed by atoms with Crippen molar-refractivity contribution < 1.29 is 23.8 Å². The Morgan fingerprint density at radius 2 is 1.73 bits per heavy atom. The van der Waals surface area contributed by atoms with Crippen molar-refractivity contribution in [2.45, 2.75) is 11.8 Å². The molecule has 1 aliphatic rings. The highest BCUT2D eigenvalue weighted by Gasteiger charge is 2.40. The van der Waals surface area contributed by atoms with E-state index in [1.807, 2.05) is 36.4 Å². The lowest BCUT2D eigenvalue weighted by Crippen LogP contribution is -2.32. The average molecular weight is 450 g/mol. The van der Waals surface area contributed by atoms with Crippen molar-refractivity contribution in [2.24, 2.45) is 0 Å². The topological polar surface area (TPSA) is 85.9 Å². The Morgan fingerprint density at radius 1 is 1.00 bits per heavy atom. The molecule has 172 valence electrons. The average Bonchev–Trinajstić information content (AvgIpc) is 3.29. The van der Waals surface area contributed by atoms with E-state index in [0.29, 0.717) is 29.4 Å². The highest BCUT2D eigenvalue weighted by Crippen LogP contribution is 2.50. The predicted octanol–water partition coefficient (Wildman–Crippen LogP) is 3.62. The van der Waals surface area contributed by atoms with E-state index in [2.05, 4.69) is 28.4 Å². The Kier molecular flexibility index (Phi) is 6.11. The number of fused-ring (bicyclic) bond motifs is 1. The quantitative estimate of drug-likeness (QED) is 0.555. The van der Waals surface area contributed by atoms with E-state index in [4.69, 9.17) is 19.0 Å². The van der Waals surface area contributed by atoms with Crippen LogP contribution in [0, 0.1) is 0 Å². The number of methoxy groups -OCH3 is 3. The summed E-state index contributed by atoms with van der Waals surface area (Å²) >= 11 is 0. The first-order chi connectivity index (χ1) is 16.0. The van der Waals surface area contributed by atoms with Crippen LogP contribution in [-0.2, 0) is 16.7 Å². The molecule has 1 heterocycles. The number of carbonyl (C=O) groups excluding carboxylic acids is 1. The number of rotatable bonds is 7. The highest BCUT2D eigenvalue weighted by atomic mass is 16.7. The summed E-state index contributed by atoms with van der Waals surface area (Å²) in [5.41, 5.74) is 3.27. The summed E-state index contributed by atoms with van der Waals surface area (Å²) in [6.45, 7) is 0. The lowest BCUT2D eigenvalue weighted by atomic mass is 9.68. The molecule has 4 rings (SSSR count). The van der Waals surface area contributed by atoms with Gasteiger partial charge in [0.1, 0.15) is 0 Å². The molecule has 33 heavy (non-hydrogen) atoms. The maximum absolute atomic E-state index is 12.7. The van der Waals surface area contributed by atoms with E-state index < -0.39 is 5.41 Å². The van der Waals surface area contributed by atoms with Gasteiger partial charge in [-0.2, -0.15) is 5.10 Å². The Morgan fingerprint density at radius 3 is 2.36 bits per heavy atom. The second kappa shape index (κ2) is 8.99. The third kappa shape index (κ3) is 3.62. The zero-order chi connectivity index (χ0) is 23.6. The van der Waals surface area contributed by atoms with Crippen LogP contribution in [-0.4, -0.2) is 56.7 Å². The van der Waals surface area contributed by atoms with Gasteiger partial charge < -0.3 is 14.2 Å². The molecule has 0 saturated heterocycles. The molecule has 0 bridgehead atoms. The second-order valence-electron chi connectivity index (χ2n) is 7.68. The molecule has 0 fully saturated rings. The van der Waals surface area contributed by atoms with Crippen molar-refractivity contribution in [3.8, 4) is 17.2 Å². The summed E-state index contributed by atoms with van der Waals surface area (Å²) in [4.78, 5) is 17.7. The van der Waals surface area contributed by atoms with Gasteiger partial charge in [0, 0.05) is 35.7 Å². The van der Waals surface area contributed by atoms with Gasteiger partial charge in [-0.05, 0) is 11.6 Å². The molecule has 1 unspecified atom stereocenters. The second-order valence-corrected chi connectivity index (χ2v) is 7.68. The number of amides is 1. The third-order valence-electron chi connectivity index (χ3n) is 6.11. The summed E-state index contributed by atoms with van der Waals surface area (Å²) in [6, 6.07) is 14.0. The highest BCUT2D eigenvalue weighted by molar-refractivity contribution is 5.96. The number of ether oxygens (including phenoxy) is 3. The van der Waals surface area contributed by atoms with Crippen LogP contribution in [0.3, 0.4) is 0 Å². The summed E-state index contributed by atoms with van der Waals surface area (Å²) < 4.78 is 17.0. The minimum atomic E-state index is -0.598. The van der Waals surface area contributed by atoms with Gasteiger partial charge in [-0.1, -0.05) is 48.6 Å². The van der Waals surface area contributed by atoms with Crippen molar-refractivity contribution in [3.63, 3.8) is 0 Å². The number of H-pyrrole nitrogens is 1. The molecular formula is C25H27N3O5. The smallest absolute Gasteiger partial charge is 0.298 e. The number of hydrogen-bond acceptors (Lipinski definition) is 6. The minimum absolute atomic E-state index is 0.312. The molecule has 1 atom stereocenters. The van der Waals surface area contributed by atoms with Crippen molar-refractivity contribution in [3.05, 3.63) is 76.6 Å². The largest absolute Gasteiger partial charge is 0.493 e. The number of hydrogen-bond donors (Lipinski definition) is 1. The first-order valence-electron chi connectivity index (χ1n) is 10.4. The Labute approximate surface area is 192 Å². The van der Waals surface area contributed by atoms with Crippen molar-refractivity contribution in [1.29, 1.82) is 0 Å². The number of carbonyl (C=O) groups is 1. The summed E-state index contributed by atoms with van der Waals surface area (Å²) in [5.74, 6) is 1.37. The van der Waals surface area contributed by atoms with Gasteiger partial charge >= 0.3 is 0 Å². The van der Waals surface area contributed by atoms with Crippen LogP contribution in [0.4, 0.5) is 0 Å². The monoisotopic (exact) mass is 449 g/mol. The fourth-order valence-corrected chi connectivity index (χ4v) is 4.39. The number of aromatic nitrogens is 2. The zero-order valence-electron chi connectivity index (χ0n) is 19.3. The number of nitrogens with zero attached hydrogens (tertiary/aromatic N) is 2. The number of hydroxylamine groups is 2. The first-order valence-corrected chi connectivity index (χ1v) is 10.4. The molecule has 1 amide bonds. The predicted molar refractivity (Wildman–Crippen MR) is 124 cm³/mol. The van der Waals surface area contributed by atoms with Gasteiger partial charge in [-0.25, -0.2) is 5.06 Å². The maximum atomic E-state index is 12.7. The molecule has 0 saturated carbocycles. The number of aromatic amines is 1. The molecule has 0 spiro atoms. The van der Waals surface area contributed by atoms with Crippen LogP contribution in [0.2, 0.25) is 0 Å². The molecular weight excluding hydrogens is 422 g/mol. The van der Waals surface area contributed by atoms with Gasteiger partial charge in [0.05, 0.1) is 28.4 Å². The van der Waals surface area contributed by atoms with Gasteiger partial charge in [0.2, 0.25) is 5.75 Å². The van der Waals surface area contributed by atoms with Gasteiger partial charge in [-0.3, -0.25) is 14.7 Å². The number of nitrogens with one attached hydrogen (secondary N) is 1. The minimum Gasteiger partial charge on any atom is -0.493 e. The molecule has 8 heteroatoms. The Bertz CT molecular complexity index is 1190. The van der Waals surface area contributed by atoms with E-state index >= 15 is 0 Å². The lowest BCUT2D eigenvalue weighted by molar-refractivity contribution is -0.0760. The molecule has 2 aromatic carbocycles. The fourth-order valence-electron chi connectivity index (χ4n) is 4.39. The van der Waals surface area contributed by atoms with Gasteiger partial charge in [-0.15, -0.1) is 0 Å². The Hall–Kier alpha value is -3.78. The van der Waals surface area contributed by atoms with Crippen LogP contribution >= 0.6 is 0 Å². The summed E-state index contributed by atoms with van der Waals surface area (Å²) in [5, 5.41) is 8.52. The fraction of sp³-hybridized carbons (Fsp3) is 0.280. The molecule has 8 nitrogen and oxygen atoms in total. The zero-order valence-corrected chi connectivity index (χ0v) is 19.3. The molecule has 3 aromatic rings. The number of allylic oxidation sites excluding steroid dienone is 1. The SMILES string of the molecule is COc1ccc(C2(c3ccccc3)C=Cc3c(C(=O)N(C)OC)n[nH]c3C2)c(OC)c1OC. The summed E-state index contributed by atoms with van der Waals surface area (Å²) in [7, 11) is 7.80. The van der Waals surface area contributed by atoms with E-state index in [9.17, 15) is 4.79 Å². The molecule has 1 N–H and O–H groups in total. The van der Waals surface area contributed by atoms with E-state index in [1.54, 1.807) is 28.4 Å². The lowest BCUT2D eigenvalue weighted by Gasteiger charge is -2.36. The molecule has 0 aliphatic heterocycles. The summed E-state index contributed by atoms with van der Waals surface area (Å²) in [6.07, 6.45) is 4.56. The standard InChI is InChI=1S/C25H27N3O5/c1-28(33-5)24(29)21-17-13-14-25(15-19(17)26-27-21,16-9-7-6-8-10-16)18-11-12-20(30-2)23(32-4)22(18)31-3/h6-14H,15H2,1-5H3,(H,26,27). The Balaban J connectivity index is 1.92. The van der Waals surface area contributed by atoms with Gasteiger partial charge in [0.25, 0.3) is 5.91 Å². The van der Waals surface area contributed by atoms with Crippen molar-refractivity contribution in [1.82, 2.24) is 15.3 Å². The van der Waals surface area contributed by atoms with Crippen molar-refractivity contribution >= 4 is 12.0 Å². The molecule has 0 radical (unpaired) electrons. The first kappa shape index (κ1) is 22.4. The normalized spacial score (nSPS) is 16.8. The van der Waals surface area contributed by atoms with Crippen LogP contribution in [0.5, 0.6) is 17.2 Å². The van der Waals surface area contributed by atoms with Gasteiger partial charge in [0.15, 0.2) is 17.2 Å². The van der Waals surface area contributed by atoms with Crippen LogP contribution in [0.1, 0.15) is 32.9 Å². The van der Waals surface area contributed by atoms with E-state index in [0.717, 1.165) is 27.4 Å². The van der Waals surface area contributed by atoms with Crippen molar-refractivity contribution in [2.75, 3.05) is 35.5 Å². The number of benzene rings is 2. The van der Waals surface area contributed by atoms with Crippen LogP contribution in [0.25, 0.3) is 6.08 Å². The van der Waals surface area contributed by atoms with E-state index in [1.165, 1.54) is 7.11 Å². The van der Waals surface area contributed by atoms with E-state index in [-0.39, 0.29) is 5.91 Å². The molecule has 1 aliphatic carbocycles. The maximum Gasteiger partial charge on any atom is 0.298 e. The van der Waals surface area contributed by atoms with Crippen LogP contribution in [0.15, 0.2) is 48.5 Å². The third-order valence-corrected chi connectivity index (χ3v) is 6.11. The van der Waals surface area contributed by atoms with Crippen LogP contribution < -0.4 is 14.2 Å². The molecule has 1 aromatic heterocycles.